The first-order valence-electron chi connectivity index (χ1n) is 9.13. The van der Waals surface area contributed by atoms with Gasteiger partial charge in [0.05, 0.1) is 0 Å². The summed E-state index contributed by atoms with van der Waals surface area (Å²) < 4.78 is 2.65. The van der Waals surface area contributed by atoms with E-state index in [1.165, 1.54) is 12.5 Å². The van der Waals surface area contributed by atoms with Crippen LogP contribution in [0.4, 0.5) is 0 Å². The standard InChI is InChI=1S/C18H29N3O3/c1-3-4-8-11-20-14(2)12-17(23)21(18(20)24)13-16(22)19-15-9-6-5-7-10-15/h12,15H,3-11,13H2,1-2H3,(H,19,22). The van der Waals surface area contributed by atoms with Crippen molar-refractivity contribution in [2.75, 3.05) is 0 Å². The number of nitrogens with zero attached hydrogens (tertiary/aromatic N) is 2. The maximum atomic E-state index is 12.6. The number of unbranched alkanes of at least 4 members (excludes halogenated alkanes) is 2. The number of aromatic nitrogens is 2. The summed E-state index contributed by atoms with van der Waals surface area (Å²) in [7, 11) is 0. The molecular weight excluding hydrogens is 306 g/mol. The lowest BCUT2D eigenvalue weighted by atomic mass is 9.95. The van der Waals surface area contributed by atoms with Crippen LogP contribution in [0.3, 0.4) is 0 Å². The second-order valence-electron chi connectivity index (χ2n) is 6.75. The summed E-state index contributed by atoms with van der Waals surface area (Å²) in [5, 5.41) is 2.96. The van der Waals surface area contributed by atoms with E-state index in [1.807, 2.05) is 0 Å². The molecule has 6 heteroatoms. The molecule has 0 aromatic carbocycles. The molecule has 6 nitrogen and oxygen atoms in total. The molecule has 0 radical (unpaired) electrons. The Morgan fingerprint density at radius 1 is 1.17 bits per heavy atom. The number of amides is 1. The van der Waals surface area contributed by atoms with E-state index >= 15 is 0 Å². The summed E-state index contributed by atoms with van der Waals surface area (Å²) in [6.45, 7) is 4.26. The molecule has 1 fully saturated rings. The van der Waals surface area contributed by atoms with E-state index in [-0.39, 0.29) is 24.2 Å². The van der Waals surface area contributed by atoms with Crippen LogP contribution >= 0.6 is 0 Å². The SMILES string of the molecule is CCCCCn1c(C)cc(=O)n(CC(=O)NC2CCCCC2)c1=O. The molecule has 1 heterocycles. The van der Waals surface area contributed by atoms with Crippen molar-refractivity contribution < 1.29 is 4.79 Å². The minimum atomic E-state index is -0.400. The van der Waals surface area contributed by atoms with Crippen LogP contribution in [0.5, 0.6) is 0 Å². The van der Waals surface area contributed by atoms with Crippen molar-refractivity contribution in [3.63, 3.8) is 0 Å². The molecule has 0 aliphatic heterocycles. The van der Waals surface area contributed by atoms with Gasteiger partial charge in [-0.05, 0) is 26.2 Å². The first-order valence-corrected chi connectivity index (χ1v) is 9.13. The van der Waals surface area contributed by atoms with Gasteiger partial charge in [0.2, 0.25) is 5.91 Å². The number of hydrogen-bond acceptors (Lipinski definition) is 3. The van der Waals surface area contributed by atoms with Crippen molar-refractivity contribution in [1.29, 1.82) is 0 Å². The van der Waals surface area contributed by atoms with Gasteiger partial charge in [0.15, 0.2) is 0 Å². The Labute approximate surface area is 142 Å². The maximum absolute atomic E-state index is 12.6. The van der Waals surface area contributed by atoms with Crippen molar-refractivity contribution >= 4 is 5.91 Å². The van der Waals surface area contributed by atoms with Crippen molar-refractivity contribution in [3.8, 4) is 0 Å². The first-order chi connectivity index (χ1) is 11.5. The van der Waals surface area contributed by atoms with Crippen LogP contribution < -0.4 is 16.6 Å². The molecule has 1 aliphatic rings. The highest BCUT2D eigenvalue weighted by Gasteiger charge is 2.17. The molecule has 134 valence electrons. The summed E-state index contributed by atoms with van der Waals surface area (Å²) in [5.41, 5.74) is -0.122. The zero-order valence-electron chi connectivity index (χ0n) is 14.8. The molecule has 0 spiro atoms. The third-order valence-electron chi connectivity index (χ3n) is 4.74. The fourth-order valence-electron chi connectivity index (χ4n) is 3.33. The summed E-state index contributed by atoms with van der Waals surface area (Å²) in [4.78, 5) is 36.9. The molecule has 1 aromatic rings. The van der Waals surface area contributed by atoms with Gasteiger partial charge >= 0.3 is 5.69 Å². The predicted molar refractivity (Wildman–Crippen MR) is 94.2 cm³/mol. The highest BCUT2D eigenvalue weighted by molar-refractivity contribution is 5.76. The van der Waals surface area contributed by atoms with Gasteiger partial charge in [0.1, 0.15) is 6.54 Å². The molecule has 2 rings (SSSR count). The van der Waals surface area contributed by atoms with Crippen LogP contribution in [0, 0.1) is 6.92 Å². The van der Waals surface area contributed by atoms with Crippen LogP contribution in [-0.2, 0) is 17.9 Å². The monoisotopic (exact) mass is 335 g/mol. The van der Waals surface area contributed by atoms with Gasteiger partial charge in [-0.15, -0.1) is 0 Å². The second kappa shape index (κ2) is 8.85. The summed E-state index contributed by atoms with van der Waals surface area (Å²) in [6, 6.07) is 1.63. The topological polar surface area (TPSA) is 73.1 Å². The number of nitrogens with one attached hydrogen (secondary N) is 1. The Bertz CT molecular complexity index is 669. The Morgan fingerprint density at radius 3 is 2.54 bits per heavy atom. The van der Waals surface area contributed by atoms with Crippen LogP contribution in [0.1, 0.15) is 64.0 Å². The second-order valence-corrected chi connectivity index (χ2v) is 6.75. The number of aryl methyl sites for hydroxylation is 1. The van der Waals surface area contributed by atoms with Crippen LogP contribution in [0.15, 0.2) is 15.7 Å². The van der Waals surface area contributed by atoms with Gasteiger partial charge in [-0.1, -0.05) is 39.0 Å². The molecule has 1 aromatic heterocycles. The van der Waals surface area contributed by atoms with Gasteiger partial charge in [-0.2, -0.15) is 0 Å². The van der Waals surface area contributed by atoms with E-state index < -0.39 is 5.56 Å². The Morgan fingerprint density at radius 2 is 1.88 bits per heavy atom. The Balaban J connectivity index is 2.10. The number of hydrogen-bond donors (Lipinski definition) is 1. The van der Waals surface area contributed by atoms with Crippen LogP contribution in [0.2, 0.25) is 0 Å². The Hall–Kier alpha value is -1.85. The number of rotatable bonds is 7. The zero-order chi connectivity index (χ0) is 17.5. The molecule has 0 unspecified atom stereocenters. The fraction of sp³-hybridized carbons (Fsp3) is 0.722. The first kappa shape index (κ1) is 18.5. The molecule has 24 heavy (non-hydrogen) atoms. The van der Waals surface area contributed by atoms with Crippen molar-refractivity contribution in [1.82, 2.24) is 14.5 Å². The molecule has 0 saturated heterocycles. The van der Waals surface area contributed by atoms with Gasteiger partial charge in [0, 0.05) is 24.3 Å². The third kappa shape index (κ3) is 4.82. The van der Waals surface area contributed by atoms with E-state index in [4.69, 9.17) is 0 Å². The molecule has 0 atom stereocenters. The quantitative estimate of drug-likeness (QED) is 0.774. The average molecular weight is 335 g/mol. The summed E-state index contributed by atoms with van der Waals surface area (Å²) >= 11 is 0. The number of carbonyl (C=O) groups is 1. The minimum Gasteiger partial charge on any atom is -0.352 e. The van der Waals surface area contributed by atoms with E-state index in [0.29, 0.717) is 12.2 Å². The fourth-order valence-corrected chi connectivity index (χ4v) is 3.33. The molecule has 1 N–H and O–H groups in total. The van der Waals surface area contributed by atoms with E-state index in [1.54, 1.807) is 11.5 Å². The lowest BCUT2D eigenvalue weighted by Crippen LogP contribution is -2.46. The lowest BCUT2D eigenvalue weighted by molar-refractivity contribution is -0.122. The van der Waals surface area contributed by atoms with Crippen molar-refractivity contribution in [2.24, 2.45) is 0 Å². The van der Waals surface area contributed by atoms with E-state index in [9.17, 15) is 14.4 Å². The third-order valence-corrected chi connectivity index (χ3v) is 4.74. The molecule has 0 bridgehead atoms. The predicted octanol–water partition coefficient (Wildman–Crippen LogP) is 1.96. The van der Waals surface area contributed by atoms with Gasteiger partial charge in [-0.25, -0.2) is 4.79 Å². The van der Waals surface area contributed by atoms with Crippen molar-refractivity contribution in [3.05, 3.63) is 32.6 Å². The van der Waals surface area contributed by atoms with Gasteiger partial charge < -0.3 is 5.32 Å². The minimum absolute atomic E-state index is 0.180. The highest BCUT2D eigenvalue weighted by Crippen LogP contribution is 2.17. The summed E-state index contributed by atoms with van der Waals surface area (Å²) in [5.74, 6) is -0.245. The molecular formula is C18H29N3O3. The van der Waals surface area contributed by atoms with Crippen molar-refractivity contribution in [2.45, 2.75) is 84.3 Å². The highest BCUT2D eigenvalue weighted by atomic mass is 16.2. The molecule has 1 aliphatic carbocycles. The van der Waals surface area contributed by atoms with E-state index in [0.717, 1.165) is 49.5 Å². The smallest absolute Gasteiger partial charge is 0.331 e. The van der Waals surface area contributed by atoms with Gasteiger partial charge in [0.25, 0.3) is 5.56 Å². The van der Waals surface area contributed by atoms with E-state index in [2.05, 4.69) is 12.2 Å². The lowest BCUT2D eigenvalue weighted by Gasteiger charge is -2.23. The van der Waals surface area contributed by atoms with Crippen LogP contribution in [0.25, 0.3) is 0 Å². The number of carbonyl (C=O) groups excluding carboxylic acids is 1. The Kier molecular flexibility index (Phi) is 6.82. The summed E-state index contributed by atoms with van der Waals surface area (Å²) in [6.07, 6.45) is 8.42. The molecule has 1 amide bonds. The largest absolute Gasteiger partial charge is 0.352 e. The molecule has 1 saturated carbocycles. The maximum Gasteiger partial charge on any atom is 0.331 e. The normalized spacial score (nSPS) is 15.4. The average Bonchev–Trinajstić information content (AvgIpc) is 2.55. The van der Waals surface area contributed by atoms with Gasteiger partial charge in [-0.3, -0.25) is 18.7 Å². The van der Waals surface area contributed by atoms with Crippen LogP contribution in [-0.4, -0.2) is 21.1 Å². The zero-order valence-corrected chi connectivity index (χ0v) is 14.8.